The number of nitrogens with one attached hydrogen (secondary N) is 2. The zero-order valence-electron chi connectivity index (χ0n) is 10.4. The molecule has 1 aliphatic heterocycles. The number of carbonyl (C=O) groups is 2. The van der Waals surface area contributed by atoms with Gasteiger partial charge in [-0.15, -0.1) is 0 Å². The highest BCUT2D eigenvalue weighted by Crippen LogP contribution is 2.30. The zero-order valence-corrected chi connectivity index (χ0v) is 10.4. The summed E-state index contributed by atoms with van der Waals surface area (Å²) in [5, 5.41) is 18.8. The fourth-order valence-electron chi connectivity index (χ4n) is 2.02. The molecule has 0 radical (unpaired) electrons. The molecule has 1 amide bonds. The predicted molar refractivity (Wildman–Crippen MR) is 65.5 cm³/mol. The molecule has 7 nitrogen and oxygen atoms in total. The quantitative estimate of drug-likeness (QED) is 0.736. The highest BCUT2D eigenvalue weighted by molar-refractivity contribution is 6.03. The van der Waals surface area contributed by atoms with Gasteiger partial charge in [-0.25, -0.2) is 4.68 Å². The number of carbonyl (C=O) groups excluding carboxylic acids is 1. The lowest BCUT2D eigenvalue weighted by Crippen LogP contribution is -2.39. The van der Waals surface area contributed by atoms with E-state index in [1.165, 1.54) is 0 Å². The summed E-state index contributed by atoms with van der Waals surface area (Å²) in [5.41, 5.74) is 1.44. The Labute approximate surface area is 104 Å². The second kappa shape index (κ2) is 4.67. The molecule has 0 saturated carbocycles. The lowest BCUT2D eigenvalue weighted by atomic mass is 10.1. The maximum Gasteiger partial charge on any atom is 0.303 e. The van der Waals surface area contributed by atoms with Gasteiger partial charge in [0.1, 0.15) is 17.5 Å². The van der Waals surface area contributed by atoms with Crippen LogP contribution in [0.5, 0.6) is 0 Å². The van der Waals surface area contributed by atoms with E-state index in [2.05, 4.69) is 15.7 Å². The van der Waals surface area contributed by atoms with Crippen molar-refractivity contribution in [1.29, 1.82) is 0 Å². The van der Waals surface area contributed by atoms with Crippen LogP contribution in [0.25, 0.3) is 0 Å². The van der Waals surface area contributed by atoms with Gasteiger partial charge in [-0.1, -0.05) is 0 Å². The van der Waals surface area contributed by atoms with Crippen molar-refractivity contribution < 1.29 is 14.7 Å². The van der Waals surface area contributed by atoms with E-state index in [9.17, 15) is 9.59 Å². The first kappa shape index (κ1) is 12.4. The van der Waals surface area contributed by atoms with Gasteiger partial charge in [0, 0.05) is 13.0 Å². The van der Waals surface area contributed by atoms with E-state index < -0.39 is 12.0 Å². The number of anilines is 2. The Balaban J connectivity index is 2.20. The van der Waals surface area contributed by atoms with Crippen LogP contribution >= 0.6 is 0 Å². The van der Waals surface area contributed by atoms with E-state index in [1.807, 2.05) is 13.8 Å². The molecule has 1 unspecified atom stereocenters. The number of rotatable bonds is 4. The minimum Gasteiger partial charge on any atom is -0.481 e. The van der Waals surface area contributed by atoms with Crippen molar-refractivity contribution in [2.75, 3.05) is 10.6 Å². The molecule has 3 N–H and O–H groups in total. The van der Waals surface area contributed by atoms with Crippen LogP contribution in [0.2, 0.25) is 0 Å². The molecule has 1 aromatic heterocycles. The van der Waals surface area contributed by atoms with Gasteiger partial charge in [0.05, 0.1) is 5.69 Å². The minimum atomic E-state index is -0.907. The normalized spacial score (nSPS) is 17.9. The van der Waals surface area contributed by atoms with Gasteiger partial charge in [0.25, 0.3) is 0 Å². The molecule has 1 atom stereocenters. The highest BCUT2D eigenvalue weighted by Gasteiger charge is 2.30. The molecule has 2 heterocycles. The van der Waals surface area contributed by atoms with Gasteiger partial charge in [0.15, 0.2) is 0 Å². The van der Waals surface area contributed by atoms with Gasteiger partial charge >= 0.3 is 5.97 Å². The third kappa shape index (κ3) is 2.15. The first-order valence-electron chi connectivity index (χ1n) is 5.89. The Morgan fingerprint density at radius 3 is 2.89 bits per heavy atom. The molecule has 0 aromatic carbocycles. The summed E-state index contributed by atoms with van der Waals surface area (Å²) in [6, 6.07) is -0.519. The van der Waals surface area contributed by atoms with Gasteiger partial charge in [-0.3, -0.25) is 9.59 Å². The smallest absolute Gasteiger partial charge is 0.303 e. The largest absolute Gasteiger partial charge is 0.481 e. The van der Waals surface area contributed by atoms with E-state index in [1.54, 1.807) is 4.68 Å². The summed E-state index contributed by atoms with van der Waals surface area (Å²) in [4.78, 5) is 22.4. The van der Waals surface area contributed by atoms with Crippen LogP contribution < -0.4 is 10.6 Å². The molecule has 0 bridgehead atoms. The third-order valence-electron chi connectivity index (χ3n) is 2.95. The number of fused-ring (bicyclic) bond motifs is 1. The van der Waals surface area contributed by atoms with Crippen LogP contribution in [0.15, 0.2) is 0 Å². The van der Waals surface area contributed by atoms with Crippen LogP contribution in [0, 0.1) is 6.92 Å². The van der Waals surface area contributed by atoms with Crippen molar-refractivity contribution in [3.05, 3.63) is 5.69 Å². The number of amides is 1. The minimum absolute atomic E-state index is 0.0420. The number of carboxylic acid groups (broad SMARTS) is 1. The Morgan fingerprint density at radius 1 is 1.56 bits per heavy atom. The van der Waals surface area contributed by atoms with Crippen molar-refractivity contribution >= 4 is 23.4 Å². The van der Waals surface area contributed by atoms with E-state index in [0.29, 0.717) is 12.2 Å². The Morgan fingerprint density at radius 2 is 2.28 bits per heavy atom. The first-order chi connectivity index (χ1) is 8.52. The molecule has 1 aromatic rings. The summed E-state index contributed by atoms with van der Waals surface area (Å²) in [7, 11) is 0. The lowest BCUT2D eigenvalue weighted by molar-refractivity contribution is -0.137. The third-order valence-corrected chi connectivity index (χ3v) is 2.95. The number of carboxylic acids is 1. The zero-order chi connectivity index (χ0) is 13.3. The molecule has 18 heavy (non-hydrogen) atoms. The molecule has 0 fully saturated rings. The Bertz CT molecular complexity index is 495. The Kier molecular flexibility index (Phi) is 3.22. The van der Waals surface area contributed by atoms with Gasteiger partial charge in [-0.2, -0.15) is 5.10 Å². The molecule has 1 aliphatic rings. The molecule has 2 rings (SSSR count). The van der Waals surface area contributed by atoms with Gasteiger partial charge in [0.2, 0.25) is 5.91 Å². The number of aryl methyl sites for hydroxylation is 2. The van der Waals surface area contributed by atoms with Crippen molar-refractivity contribution in [2.24, 2.45) is 0 Å². The average molecular weight is 252 g/mol. The molecule has 0 saturated heterocycles. The summed E-state index contributed by atoms with van der Waals surface area (Å²) in [6.07, 6.45) is 0.216. The van der Waals surface area contributed by atoms with Crippen molar-refractivity contribution in [3.63, 3.8) is 0 Å². The number of aliphatic carboxylic acids is 1. The number of hydrogen-bond donors (Lipinski definition) is 3. The van der Waals surface area contributed by atoms with Crippen LogP contribution in [-0.2, 0) is 16.1 Å². The van der Waals surface area contributed by atoms with E-state index in [-0.39, 0.29) is 18.7 Å². The van der Waals surface area contributed by atoms with Crippen LogP contribution in [0.4, 0.5) is 11.5 Å². The topological polar surface area (TPSA) is 96.2 Å². The van der Waals surface area contributed by atoms with E-state index in [0.717, 1.165) is 11.5 Å². The second-order valence-corrected chi connectivity index (χ2v) is 4.24. The fraction of sp³-hybridized carbons (Fsp3) is 0.545. The second-order valence-electron chi connectivity index (χ2n) is 4.24. The average Bonchev–Trinajstić information content (AvgIpc) is 2.63. The van der Waals surface area contributed by atoms with Crippen LogP contribution in [-0.4, -0.2) is 32.8 Å². The molecule has 0 spiro atoms. The maximum atomic E-state index is 11.8. The van der Waals surface area contributed by atoms with Gasteiger partial charge in [-0.05, 0) is 20.3 Å². The first-order valence-corrected chi connectivity index (χ1v) is 5.89. The van der Waals surface area contributed by atoms with Crippen molar-refractivity contribution in [1.82, 2.24) is 9.78 Å². The molecule has 7 heteroatoms. The predicted octanol–water partition coefficient (Wildman–Crippen LogP) is 0.809. The summed E-state index contributed by atoms with van der Waals surface area (Å²) >= 11 is 0. The fourth-order valence-corrected chi connectivity index (χ4v) is 2.02. The lowest BCUT2D eigenvalue weighted by Gasteiger charge is -2.25. The van der Waals surface area contributed by atoms with E-state index in [4.69, 9.17) is 5.11 Å². The molecular formula is C11H16N4O3. The molecular weight excluding hydrogens is 236 g/mol. The van der Waals surface area contributed by atoms with Crippen molar-refractivity contribution in [3.8, 4) is 0 Å². The number of hydrogen-bond acceptors (Lipinski definition) is 4. The van der Waals surface area contributed by atoms with Gasteiger partial charge < -0.3 is 15.7 Å². The summed E-state index contributed by atoms with van der Waals surface area (Å²) in [6.45, 7) is 4.46. The van der Waals surface area contributed by atoms with Crippen LogP contribution in [0.3, 0.4) is 0 Å². The summed E-state index contributed by atoms with van der Waals surface area (Å²) < 4.78 is 1.76. The monoisotopic (exact) mass is 252 g/mol. The van der Waals surface area contributed by atoms with Crippen molar-refractivity contribution in [2.45, 2.75) is 39.3 Å². The number of aromatic nitrogens is 2. The van der Waals surface area contributed by atoms with E-state index >= 15 is 0 Å². The Hall–Kier alpha value is -2.05. The summed E-state index contributed by atoms with van der Waals surface area (Å²) in [5.74, 6) is -0.358. The van der Waals surface area contributed by atoms with Crippen LogP contribution in [0.1, 0.15) is 25.5 Å². The SMILES string of the molecule is CCn1nc(C)c2c1NC(CCC(=O)O)C(=O)N2. The maximum absolute atomic E-state index is 11.8. The molecule has 0 aliphatic carbocycles. The highest BCUT2D eigenvalue weighted by atomic mass is 16.4. The molecule has 98 valence electrons. The number of nitrogens with zero attached hydrogens (tertiary/aromatic N) is 2. The standard InChI is InChI=1S/C11H16N4O3/c1-3-15-10-9(6(2)14-15)13-11(18)7(12-10)4-5-8(16)17/h7,12H,3-5H2,1-2H3,(H,13,18)(H,16,17).